The SMILES string of the molecule is Nc1ccc(Cl)nc1CCC1OCCO1.O=[N+]([O-])c1ccc(Cl)nc1CCC1OCCO1. The first kappa shape index (κ1) is 24.6. The van der Waals surface area contributed by atoms with Gasteiger partial charge in [-0.25, -0.2) is 9.97 Å². The van der Waals surface area contributed by atoms with E-state index in [1.54, 1.807) is 12.1 Å². The van der Waals surface area contributed by atoms with E-state index in [0.717, 1.165) is 18.5 Å². The molecular formula is C20H24Cl2N4O6. The number of nitrogens with zero attached hydrogens (tertiary/aromatic N) is 3. The number of ether oxygens (including phenoxy) is 4. The molecule has 2 fully saturated rings. The molecule has 2 saturated heterocycles. The van der Waals surface area contributed by atoms with E-state index in [4.69, 9.17) is 47.9 Å². The molecule has 2 N–H and O–H groups in total. The van der Waals surface area contributed by atoms with Gasteiger partial charge in [-0.2, -0.15) is 0 Å². The third kappa shape index (κ3) is 7.51. The van der Waals surface area contributed by atoms with Crippen molar-refractivity contribution in [3.63, 3.8) is 0 Å². The van der Waals surface area contributed by atoms with Crippen LogP contribution in [-0.4, -0.2) is 53.9 Å². The van der Waals surface area contributed by atoms with Crippen molar-refractivity contribution in [2.75, 3.05) is 32.2 Å². The second kappa shape index (κ2) is 12.2. The van der Waals surface area contributed by atoms with Crippen molar-refractivity contribution in [2.24, 2.45) is 0 Å². The highest BCUT2D eigenvalue weighted by Gasteiger charge is 2.20. The molecule has 0 atom stereocenters. The lowest BCUT2D eigenvalue weighted by atomic mass is 10.2. The van der Waals surface area contributed by atoms with Crippen molar-refractivity contribution >= 4 is 34.6 Å². The molecule has 12 heteroatoms. The summed E-state index contributed by atoms with van der Waals surface area (Å²) in [7, 11) is 0. The summed E-state index contributed by atoms with van der Waals surface area (Å²) < 4.78 is 21.1. The smallest absolute Gasteiger partial charge is 0.290 e. The van der Waals surface area contributed by atoms with Crippen molar-refractivity contribution < 1.29 is 23.9 Å². The van der Waals surface area contributed by atoms with Gasteiger partial charge in [0.1, 0.15) is 16.0 Å². The third-order valence-corrected chi connectivity index (χ3v) is 5.12. The lowest BCUT2D eigenvalue weighted by Crippen LogP contribution is -2.10. The molecule has 2 aromatic rings. The Hall–Kier alpha value is -2.08. The number of pyridine rings is 2. The Morgan fingerprint density at radius 1 is 0.875 bits per heavy atom. The minimum absolute atomic E-state index is 0.0209. The Morgan fingerprint density at radius 3 is 1.88 bits per heavy atom. The van der Waals surface area contributed by atoms with E-state index < -0.39 is 4.92 Å². The Balaban J connectivity index is 0.000000182. The number of nitrogen functional groups attached to an aromatic ring is 1. The molecule has 0 radical (unpaired) electrons. The molecule has 0 bridgehead atoms. The van der Waals surface area contributed by atoms with Gasteiger partial charge in [-0.15, -0.1) is 0 Å². The van der Waals surface area contributed by atoms with Gasteiger partial charge in [0.2, 0.25) is 0 Å². The fourth-order valence-electron chi connectivity index (χ4n) is 3.16. The van der Waals surface area contributed by atoms with Crippen LogP contribution in [0.15, 0.2) is 24.3 Å². The summed E-state index contributed by atoms with van der Waals surface area (Å²) >= 11 is 11.5. The molecule has 2 aliphatic heterocycles. The van der Waals surface area contributed by atoms with Gasteiger partial charge in [0.05, 0.1) is 42.7 Å². The van der Waals surface area contributed by atoms with Crippen LogP contribution in [0, 0.1) is 10.1 Å². The van der Waals surface area contributed by atoms with E-state index in [1.807, 2.05) is 0 Å². The molecule has 0 amide bonds. The Morgan fingerprint density at radius 2 is 1.34 bits per heavy atom. The van der Waals surface area contributed by atoms with Crippen LogP contribution in [0.1, 0.15) is 24.2 Å². The average Bonchev–Trinajstić information content (AvgIpc) is 3.47. The van der Waals surface area contributed by atoms with E-state index in [1.165, 1.54) is 12.1 Å². The van der Waals surface area contributed by atoms with Gasteiger partial charge in [-0.1, -0.05) is 23.2 Å². The highest BCUT2D eigenvalue weighted by atomic mass is 35.5. The zero-order chi connectivity index (χ0) is 22.9. The van der Waals surface area contributed by atoms with Gasteiger partial charge >= 0.3 is 0 Å². The molecule has 4 rings (SSSR count). The third-order valence-electron chi connectivity index (χ3n) is 4.70. The summed E-state index contributed by atoms with van der Waals surface area (Å²) in [5, 5.41) is 11.5. The second-order valence-electron chi connectivity index (χ2n) is 6.95. The van der Waals surface area contributed by atoms with Gasteiger partial charge in [0.15, 0.2) is 12.6 Å². The number of hydrogen-bond donors (Lipinski definition) is 1. The van der Waals surface area contributed by atoms with E-state index >= 15 is 0 Å². The van der Waals surface area contributed by atoms with Crippen LogP contribution in [0.5, 0.6) is 0 Å². The van der Waals surface area contributed by atoms with Crippen molar-refractivity contribution in [1.29, 1.82) is 0 Å². The maximum atomic E-state index is 10.8. The lowest BCUT2D eigenvalue weighted by Gasteiger charge is -2.09. The van der Waals surface area contributed by atoms with Crippen LogP contribution in [0.4, 0.5) is 11.4 Å². The van der Waals surface area contributed by atoms with E-state index in [-0.39, 0.29) is 23.4 Å². The average molecular weight is 487 g/mol. The van der Waals surface area contributed by atoms with Crippen LogP contribution in [0.2, 0.25) is 10.3 Å². The molecule has 32 heavy (non-hydrogen) atoms. The molecule has 0 unspecified atom stereocenters. The summed E-state index contributed by atoms with van der Waals surface area (Å²) in [5.41, 5.74) is 7.58. The van der Waals surface area contributed by atoms with Gasteiger partial charge in [0.25, 0.3) is 5.69 Å². The molecule has 0 aromatic carbocycles. The molecule has 174 valence electrons. The number of hydrogen-bond acceptors (Lipinski definition) is 9. The second-order valence-corrected chi connectivity index (χ2v) is 7.72. The Bertz CT molecular complexity index is 908. The monoisotopic (exact) mass is 486 g/mol. The topological polar surface area (TPSA) is 132 Å². The lowest BCUT2D eigenvalue weighted by molar-refractivity contribution is -0.386. The fourth-order valence-corrected chi connectivity index (χ4v) is 3.49. The van der Waals surface area contributed by atoms with Crippen LogP contribution in [0.3, 0.4) is 0 Å². The summed E-state index contributed by atoms with van der Waals surface area (Å²) in [4.78, 5) is 18.5. The van der Waals surface area contributed by atoms with Crippen molar-refractivity contribution in [1.82, 2.24) is 9.97 Å². The molecule has 2 aliphatic rings. The summed E-state index contributed by atoms with van der Waals surface area (Å²) in [6.45, 7) is 2.47. The van der Waals surface area contributed by atoms with Crippen LogP contribution < -0.4 is 5.73 Å². The minimum Gasteiger partial charge on any atom is -0.397 e. The predicted molar refractivity (Wildman–Crippen MR) is 118 cm³/mol. The molecule has 0 saturated carbocycles. The zero-order valence-electron chi connectivity index (χ0n) is 17.2. The molecular weight excluding hydrogens is 463 g/mol. The van der Waals surface area contributed by atoms with Gasteiger partial charge in [0, 0.05) is 25.3 Å². The van der Waals surface area contributed by atoms with Crippen LogP contribution in [-0.2, 0) is 31.8 Å². The van der Waals surface area contributed by atoms with Gasteiger partial charge in [-0.3, -0.25) is 10.1 Å². The fraction of sp³-hybridized carbons (Fsp3) is 0.500. The standard InChI is InChI=1S/C10H11ClN2O4.C10H13ClN2O2/c11-9-3-2-8(13(14)15)7(12-9)1-4-10-16-5-6-17-10;11-9-3-1-7(12)8(13-9)2-4-10-14-5-6-15-10/h2-3,10H,1,4-6H2;1,3,10H,2,4-6,12H2. The largest absolute Gasteiger partial charge is 0.397 e. The van der Waals surface area contributed by atoms with Crippen LogP contribution >= 0.6 is 23.2 Å². The number of anilines is 1. The van der Waals surface area contributed by atoms with E-state index in [9.17, 15) is 10.1 Å². The van der Waals surface area contributed by atoms with Crippen molar-refractivity contribution in [3.05, 3.63) is 56.1 Å². The molecule has 4 heterocycles. The normalized spacial score (nSPS) is 16.7. The van der Waals surface area contributed by atoms with E-state index in [2.05, 4.69) is 9.97 Å². The first-order chi connectivity index (χ1) is 15.4. The summed E-state index contributed by atoms with van der Waals surface area (Å²) in [6, 6.07) is 6.22. The van der Waals surface area contributed by atoms with Gasteiger partial charge < -0.3 is 24.7 Å². The van der Waals surface area contributed by atoms with E-state index in [0.29, 0.717) is 55.8 Å². The number of nitrogens with two attached hydrogens (primary N) is 1. The molecule has 0 aliphatic carbocycles. The summed E-state index contributed by atoms with van der Waals surface area (Å²) in [6.07, 6.45) is 2.00. The quantitative estimate of drug-likeness (QED) is 0.354. The van der Waals surface area contributed by atoms with Crippen LogP contribution in [0.25, 0.3) is 0 Å². The highest BCUT2D eigenvalue weighted by molar-refractivity contribution is 6.29. The number of aromatic nitrogens is 2. The number of rotatable bonds is 7. The Labute approximate surface area is 195 Å². The van der Waals surface area contributed by atoms with Crippen molar-refractivity contribution in [3.8, 4) is 0 Å². The molecule has 0 spiro atoms. The van der Waals surface area contributed by atoms with Gasteiger partial charge in [-0.05, 0) is 24.6 Å². The Kier molecular flexibility index (Phi) is 9.39. The van der Waals surface area contributed by atoms with Crippen molar-refractivity contribution in [2.45, 2.75) is 38.3 Å². The predicted octanol–water partition coefficient (Wildman–Crippen LogP) is 3.57. The maximum Gasteiger partial charge on any atom is 0.290 e. The first-order valence-electron chi connectivity index (χ1n) is 10.1. The number of nitro groups is 1. The summed E-state index contributed by atoms with van der Waals surface area (Å²) in [5.74, 6) is 0. The maximum absolute atomic E-state index is 10.8. The zero-order valence-corrected chi connectivity index (χ0v) is 18.8. The molecule has 2 aromatic heterocycles. The first-order valence-corrected chi connectivity index (χ1v) is 10.8. The molecule has 10 nitrogen and oxygen atoms in total. The highest BCUT2D eigenvalue weighted by Crippen LogP contribution is 2.22. The minimum atomic E-state index is -0.463. The number of halogens is 2. The number of aryl methyl sites for hydroxylation is 2.